The van der Waals surface area contributed by atoms with E-state index in [1.165, 1.54) is 5.06 Å². The topological polar surface area (TPSA) is 59.1 Å². The highest BCUT2D eigenvalue weighted by molar-refractivity contribution is 5.81. The molecule has 0 aromatic heterocycles. The monoisotopic (exact) mass is 308 g/mol. The fourth-order valence-electron chi connectivity index (χ4n) is 4.32. The summed E-state index contributed by atoms with van der Waals surface area (Å²) in [5.41, 5.74) is 0. The Kier molecular flexibility index (Phi) is 3.61. The largest absolute Gasteiger partial charge is 0.375 e. The SMILES string of the molecule is CC1CC(C(=O)N2C[C@@H]3[C@H](C2)OC[C@@H]3C(=O)N2CCCO2)C1. The molecule has 4 fully saturated rings. The van der Waals surface area contributed by atoms with E-state index in [2.05, 4.69) is 6.92 Å². The van der Waals surface area contributed by atoms with E-state index in [0.717, 1.165) is 19.3 Å². The molecule has 3 aliphatic heterocycles. The zero-order valence-corrected chi connectivity index (χ0v) is 13.1. The van der Waals surface area contributed by atoms with Crippen LogP contribution in [0.15, 0.2) is 0 Å². The fraction of sp³-hybridized carbons (Fsp3) is 0.875. The number of hydrogen-bond acceptors (Lipinski definition) is 4. The van der Waals surface area contributed by atoms with Crippen molar-refractivity contribution in [3.8, 4) is 0 Å². The highest BCUT2D eigenvalue weighted by Crippen LogP contribution is 2.39. The van der Waals surface area contributed by atoms with Crippen molar-refractivity contribution in [2.45, 2.75) is 32.3 Å². The lowest BCUT2D eigenvalue weighted by molar-refractivity contribution is -0.174. The summed E-state index contributed by atoms with van der Waals surface area (Å²) >= 11 is 0. The van der Waals surface area contributed by atoms with Gasteiger partial charge in [-0.05, 0) is 25.2 Å². The summed E-state index contributed by atoms with van der Waals surface area (Å²) in [6, 6.07) is 0. The number of rotatable bonds is 2. The molecule has 2 amide bonds. The van der Waals surface area contributed by atoms with Crippen molar-refractivity contribution >= 4 is 11.8 Å². The van der Waals surface area contributed by atoms with Crippen molar-refractivity contribution in [2.75, 3.05) is 32.8 Å². The summed E-state index contributed by atoms with van der Waals surface area (Å²) in [6.45, 7) is 5.28. The lowest BCUT2D eigenvalue weighted by Gasteiger charge is -2.34. The van der Waals surface area contributed by atoms with Gasteiger partial charge in [0.25, 0.3) is 5.91 Å². The average Bonchev–Trinajstić information content (AvgIpc) is 3.17. The first-order chi connectivity index (χ1) is 10.6. The van der Waals surface area contributed by atoms with Crippen molar-refractivity contribution in [1.29, 1.82) is 0 Å². The summed E-state index contributed by atoms with van der Waals surface area (Å²) in [5, 5.41) is 1.49. The summed E-state index contributed by atoms with van der Waals surface area (Å²) in [5.74, 6) is 1.16. The van der Waals surface area contributed by atoms with E-state index >= 15 is 0 Å². The van der Waals surface area contributed by atoms with Crippen LogP contribution in [0.5, 0.6) is 0 Å². The van der Waals surface area contributed by atoms with Gasteiger partial charge in [-0.2, -0.15) is 0 Å². The molecule has 3 saturated heterocycles. The summed E-state index contributed by atoms with van der Waals surface area (Å²) in [7, 11) is 0. The van der Waals surface area contributed by atoms with Gasteiger partial charge in [0.15, 0.2) is 0 Å². The summed E-state index contributed by atoms with van der Waals surface area (Å²) < 4.78 is 5.81. The number of fused-ring (bicyclic) bond motifs is 1. The Labute approximate surface area is 130 Å². The molecule has 3 atom stereocenters. The molecule has 0 bridgehead atoms. The number of amides is 2. The van der Waals surface area contributed by atoms with Gasteiger partial charge < -0.3 is 9.64 Å². The van der Waals surface area contributed by atoms with Crippen LogP contribution in [0, 0.1) is 23.7 Å². The van der Waals surface area contributed by atoms with Gasteiger partial charge in [-0.25, -0.2) is 5.06 Å². The normalized spacial score (nSPS) is 40.7. The summed E-state index contributed by atoms with van der Waals surface area (Å²) in [4.78, 5) is 32.3. The lowest BCUT2D eigenvalue weighted by atomic mass is 9.75. The highest BCUT2D eigenvalue weighted by Gasteiger charge is 2.50. The van der Waals surface area contributed by atoms with Crippen molar-refractivity contribution in [2.24, 2.45) is 23.7 Å². The van der Waals surface area contributed by atoms with Gasteiger partial charge in [0, 0.05) is 24.9 Å². The first kappa shape index (κ1) is 14.5. The third-order valence-corrected chi connectivity index (χ3v) is 5.67. The minimum Gasteiger partial charge on any atom is -0.375 e. The number of carbonyl (C=O) groups is 2. The smallest absolute Gasteiger partial charge is 0.252 e. The Morgan fingerprint density at radius 3 is 2.64 bits per heavy atom. The van der Waals surface area contributed by atoms with Crippen LogP contribution in [0.2, 0.25) is 0 Å². The molecule has 1 aliphatic carbocycles. The van der Waals surface area contributed by atoms with E-state index in [9.17, 15) is 9.59 Å². The molecule has 0 N–H and O–H groups in total. The third kappa shape index (κ3) is 2.33. The molecule has 0 radical (unpaired) electrons. The van der Waals surface area contributed by atoms with Crippen LogP contribution >= 0.6 is 0 Å². The Hall–Kier alpha value is -1.14. The molecule has 0 aromatic rings. The lowest BCUT2D eigenvalue weighted by Crippen LogP contribution is -2.42. The zero-order valence-electron chi connectivity index (χ0n) is 13.1. The molecule has 6 nitrogen and oxygen atoms in total. The minimum atomic E-state index is -0.152. The van der Waals surface area contributed by atoms with Gasteiger partial charge in [-0.15, -0.1) is 0 Å². The quantitative estimate of drug-likeness (QED) is 0.752. The maximum Gasteiger partial charge on any atom is 0.252 e. The fourth-order valence-corrected chi connectivity index (χ4v) is 4.32. The maximum absolute atomic E-state index is 12.5. The van der Waals surface area contributed by atoms with Gasteiger partial charge in [-0.1, -0.05) is 6.92 Å². The number of nitrogens with zero attached hydrogens (tertiary/aromatic N) is 2. The number of likely N-dealkylation sites (tertiary alicyclic amines) is 1. The van der Waals surface area contributed by atoms with Crippen molar-refractivity contribution in [3.63, 3.8) is 0 Å². The minimum absolute atomic E-state index is 0.0259. The average molecular weight is 308 g/mol. The van der Waals surface area contributed by atoms with Crippen LogP contribution in [0.3, 0.4) is 0 Å². The van der Waals surface area contributed by atoms with Crippen molar-refractivity contribution in [3.05, 3.63) is 0 Å². The van der Waals surface area contributed by atoms with E-state index < -0.39 is 0 Å². The Morgan fingerprint density at radius 1 is 1.14 bits per heavy atom. The number of ether oxygens (including phenoxy) is 1. The molecular weight excluding hydrogens is 284 g/mol. The van der Waals surface area contributed by atoms with Gasteiger partial charge >= 0.3 is 0 Å². The first-order valence-corrected chi connectivity index (χ1v) is 8.48. The molecule has 0 spiro atoms. The van der Waals surface area contributed by atoms with Crippen LogP contribution in [0.4, 0.5) is 0 Å². The van der Waals surface area contributed by atoms with E-state index in [1.54, 1.807) is 0 Å². The predicted molar refractivity (Wildman–Crippen MR) is 77.5 cm³/mol. The van der Waals surface area contributed by atoms with E-state index in [1.807, 2.05) is 4.90 Å². The maximum atomic E-state index is 12.5. The van der Waals surface area contributed by atoms with Gasteiger partial charge in [-0.3, -0.25) is 14.4 Å². The predicted octanol–water partition coefficient (Wildman–Crippen LogP) is 0.670. The van der Waals surface area contributed by atoms with Crippen LogP contribution in [-0.4, -0.2) is 60.7 Å². The van der Waals surface area contributed by atoms with Crippen LogP contribution in [0.25, 0.3) is 0 Å². The van der Waals surface area contributed by atoms with Gasteiger partial charge in [0.1, 0.15) is 0 Å². The molecule has 0 aromatic carbocycles. The third-order valence-electron chi connectivity index (χ3n) is 5.67. The number of hydroxylamine groups is 2. The molecule has 4 aliphatic rings. The molecule has 1 saturated carbocycles. The Bertz CT molecular complexity index is 471. The Morgan fingerprint density at radius 2 is 1.95 bits per heavy atom. The van der Waals surface area contributed by atoms with E-state index in [4.69, 9.17) is 9.57 Å². The second kappa shape index (κ2) is 5.49. The van der Waals surface area contributed by atoms with Crippen LogP contribution < -0.4 is 0 Å². The zero-order chi connectivity index (χ0) is 15.3. The molecular formula is C16H24N2O4. The number of carbonyl (C=O) groups excluding carboxylic acids is 2. The molecule has 22 heavy (non-hydrogen) atoms. The van der Waals surface area contributed by atoms with Crippen molar-refractivity contribution in [1.82, 2.24) is 9.96 Å². The number of hydrogen-bond donors (Lipinski definition) is 0. The molecule has 0 unspecified atom stereocenters. The van der Waals surface area contributed by atoms with Gasteiger partial charge in [0.05, 0.1) is 31.8 Å². The second-order valence-electron chi connectivity index (χ2n) is 7.29. The van der Waals surface area contributed by atoms with Crippen LogP contribution in [-0.2, 0) is 19.2 Å². The van der Waals surface area contributed by atoms with Crippen molar-refractivity contribution < 1.29 is 19.2 Å². The van der Waals surface area contributed by atoms with Gasteiger partial charge in [0.2, 0.25) is 5.91 Å². The highest BCUT2D eigenvalue weighted by atomic mass is 16.7. The Balaban J connectivity index is 1.38. The molecule has 3 heterocycles. The molecule has 6 heteroatoms. The summed E-state index contributed by atoms with van der Waals surface area (Å²) in [6.07, 6.45) is 2.95. The van der Waals surface area contributed by atoms with E-state index in [0.29, 0.717) is 38.8 Å². The first-order valence-electron chi connectivity index (χ1n) is 8.48. The molecule has 122 valence electrons. The standard InChI is InChI=1S/C16H24N2O4/c1-10-5-11(6-10)15(19)17-7-12-13(9-21-14(12)8-17)16(20)18-3-2-4-22-18/h10-14H,2-9H2,1H3/t10?,11?,12-,13-,14-/m0/s1. The molecule has 4 rings (SSSR count). The second-order valence-corrected chi connectivity index (χ2v) is 7.29. The van der Waals surface area contributed by atoms with Crippen LogP contribution in [0.1, 0.15) is 26.2 Å². The van der Waals surface area contributed by atoms with E-state index in [-0.39, 0.29) is 35.7 Å².